The fourth-order valence-corrected chi connectivity index (χ4v) is 17.3. The van der Waals surface area contributed by atoms with Crippen molar-refractivity contribution in [3.8, 4) is 0 Å². The number of nitrogens with zero attached hydrogens (tertiary/aromatic N) is 1. The zero-order valence-electron chi connectivity index (χ0n) is 26.6. The minimum absolute atomic E-state index is 0.0570. The van der Waals surface area contributed by atoms with Gasteiger partial charge in [-0.15, -0.1) is 6.58 Å². The van der Waals surface area contributed by atoms with Crippen molar-refractivity contribution in [3.05, 3.63) is 45.8 Å². The predicted molar refractivity (Wildman–Crippen MR) is 162 cm³/mol. The van der Waals surface area contributed by atoms with Gasteiger partial charge in [0.2, 0.25) is 0 Å². The van der Waals surface area contributed by atoms with Crippen molar-refractivity contribution in [1.29, 1.82) is 0 Å². The van der Waals surface area contributed by atoms with E-state index in [1.165, 1.54) is 12.3 Å². The fraction of sp³-hybridized carbons (Fsp3) is 0.759. The molecule has 0 spiro atoms. The molecule has 3 rings (SSSR count). The first-order valence-electron chi connectivity index (χ1n) is 14.7. The molecule has 10 nitrogen and oxygen atoms in total. The summed E-state index contributed by atoms with van der Waals surface area (Å²) in [6.45, 7) is 26.3. The molecule has 1 N–H and O–H groups in total. The van der Waals surface area contributed by atoms with Gasteiger partial charge in [0.15, 0.2) is 0 Å². The van der Waals surface area contributed by atoms with E-state index in [0.717, 1.165) is 4.57 Å². The average molecular weight is 611 g/mol. The molecule has 1 unspecified atom stereocenters. The third-order valence-electron chi connectivity index (χ3n) is 8.31. The number of esters is 1. The normalized spacial score (nSPS) is 28.0. The summed E-state index contributed by atoms with van der Waals surface area (Å²) in [5, 5.41) is 0. The highest BCUT2D eigenvalue weighted by molar-refractivity contribution is 6.84. The lowest BCUT2D eigenvalue weighted by Crippen LogP contribution is -2.65. The van der Waals surface area contributed by atoms with Crippen LogP contribution in [0.4, 0.5) is 0 Å². The standard InChI is InChI=1S/C29H50N2O8Si2/c1-13-14-22-25-23(17-35-40(18(2)3,19(4)5)39-41(38-25,20(6)7)21(8)9)36-29(22,37-26(33)28(10,11)12)31-16-15-24(32)30-27(31)34/h13,15-16,18-23,25H,1,14,17H2,2-12H3,(H,30,32,34)/t22?,23-,25+,29-/m1/s1. The van der Waals surface area contributed by atoms with E-state index in [9.17, 15) is 14.4 Å². The van der Waals surface area contributed by atoms with Crippen LogP contribution in [0.25, 0.3) is 0 Å². The monoisotopic (exact) mass is 610 g/mol. The fourth-order valence-electron chi connectivity index (χ4n) is 6.06. The maximum atomic E-state index is 13.5. The van der Waals surface area contributed by atoms with E-state index in [-0.39, 0.29) is 28.8 Å². The van der Waals surface area contributed by atoms with Gasteiger partial charge in [-0.25, -0.2) is 9.36 Å². The third kappa shape index (κ3) is 6.01. The summed E-state index contributed by atoms with van der Waals surface area (Å²) < 4.78 is 35.6. The molecule has 12 heteroatoms. The van der Waals surface area contributed by atoms with Gasteiger partial charge in [0, 0.05) is 12.3 Å². The van der Waals surface area contributed by atoms with E-state index in [0.29, 0.717) is 6.42 Å². The first kappa shape index (κ1) is 33.7. The molecule has 0 saturated carbocycles. The summed E-state index contributed by atoms with van der Waals surface area (Å²) >= 11 is 0. The summed E-state index contributed by atoms with van der Waals surface area (Å²) in [5.74, 6) is -3.18. The zero-order chi connectivity index (χ0) is 31.1. The molecule has 4 atom stereocenters. The van der Waals surface area contributed by atoms with Crippen LogP contribution in [-0.2, 0) is 33.1 Å². The van der Waals surface area contributed by atoms with Gasteiger partial charge in [-0.05, 0) is 49.4 Å². The van der Waals surface area contributed by atoms with Gasteiger partial charge in [0.05, 0.1) is 24.0 Å². The Hall–Kier alpha value is -1.84. The number of fused-ring (bicyclic) bond motifs is 1. The second-order valence-corrected chi connectivity index (χ2v) is 22.4. The van der Waals surface area contributed by atoms with Crippen molar-refractivity contribution in [3.63, 3.8) is 0 Å². The molecule has 0 amide bonds. The molecular formula is C29H50N2O8Si2. The number of H-pyrrole nitrogens is 1. The predicted octanol–water partition coefficient (Wildman–Crippen LogP) is 5.28. The van der Waals surface area contributed by atoms with E-state index < -0.39 is 63.8 Å². The van der Waals surface area contributed by atoms with Gasteiger partial charge in [-0.1, -0.05) is 61.5 Å². The molecule has 1 aromatic rings. The summed E-state index contributed by atoms with van der Waals surface area (Å²) in [7, 11) is -5.94. The van der Waals surface area contributed by atoms with Crippen molar-refractivity contribution < 1.29 is 27.2 Å². The number of aromatic amines is 1. The quantitative estimate of drug-likeness (QED) is 0.240. The van der Waals surface area contributed by atoms with Crippen LogP contribution in [0, 0.1) is 11.3 Å². The van der Waals surface area contributed by atoms with Gasteiger partial charge in [-0.3, -0.25) is 14.6 Å². The Bertz CT molecular complexity index is 1200. The van der Waals surface area contributed by atoms with Crippen molar-refractivity contribution in [2.24, 2.45) is 11.3 Å². The highest BCUT2D eigenvalue weighted by atomic mass is 28.5. The minimum Gasteiger partial charge on any atom is -0.414 e. The number of ether oxygens (including phenoxy) is 2. The minimum atomic E-state index is -3.06. The molecule has 2 saturated heterocycles. The van der Waals surface area contributed by atoms with Gasteiger partial charge >= 0.3 is 34.7 Å². The van der Waals surface area contributed by atoms with Crippen molar-refractivity contribution in [2.75, 3.05) is 6.61 Å². The number of nitrogens with one attached hydrogen (secondary N) is 1. The number of hydrogen-bond acceptors (Lipinski definition) is 8. The Kier molecular flexibility index (Phi) is 9.89. The molecule has 0 radical (unpaired) electrons. The maximum Gasteiger partial charge on any atom is 0.335 e. The smallest absolute Gasteiger partial charge is 0.335 e. The Balaban J connectivity index is 2.33. The topological polar surface area (TPSA) is 118 Å². The summed E-state index contributed by atoms with van der Waals surface area (Å²) in [6, 6.07) is 1.21. The van der Waals surface area contributed by atoms with Crippen molar-refractivity contribution in [1.82, 2.24) is 9.55 Å². The lowest BCUT2D eigenvalue weighted by atomic mass is 9.93. The number of rotatable bonds is 8. The number of allylic oxidation sites excluding steroid dienone is 1. The lowest BCUT2D eigenvalue weighted by molar-refractivity contribution is -0.294. The number of hydrogen-bond donors (Lipinski definition) is 1. The van der Waals surface area contributed by atoms with E-state index in [1.54, 1.807) is 26.8 Å². The molecule has 2 aliphatic rings. The molecule has 0 aliphatic carbocycles. The Morgan fingerprint density at radius 3 is 2.12 bits per heavy atom. The largest absolute Gasteiger partial charge is 0.414 e. The molecule has 41 heavy (non-hydrogen) atoms. The van der Waals surface area contributed by atoms with Crippen LogP contribution in [0.2, 0.25) is 22.2 Å². The van der Waals surface area contributed by atoms with Crippen LogP contribution < -0.4 is 11.2 Å². The molecule has 2 aliphatic heterocycles. The molecule has 0 bridgehead atoms. The highest BCUT2D eigenvalue weighted by Gasteiger charge is 2.66. The van der Waals surface area contributed by atoms with Crippen LogP contribution >= 0.6 is 0 Å². The number of carbonyl (C=O) groups is 1. The van der Waals surface area contributed by atoms with Gasteiger partial charge < -0.3 is 22.4 Å². The molecule has 2 fully saturated rings. The van der Waals surface area contributed by atoms with Gasteiger partial charge in [0.25, 0.3) is 5.56 Å². The second kappa shape index (κ2) is 12.0. The molecule has 0 aromatic carbocycles. The molecule has 232 valence electrons. The van der Waals surface area contributed by atoms with E-state index in [1.807, 2.05) is 0 Å². The Morgan fingerprint density at radius 2 is 1.66 bits per heavy atom. The van der Waals surface area contributed by atoms with Gasteiger partial charge in [-0.2, -0.15) is 0 Å². The van der Waals surface area contributed by atoms with Crippen molar-refractivity contribution in [2.45, 2.75) is 123 Å². The zero-order valence-corrected chi connectivity index (χ0v) is 28.6. The number of carbonyl (C=O) groups excluding carboxylic acids is 1. The van der Waals surface area contributed by atoms with E-state index >= 15 is 0 Å². The number of aromatic nitrogens is 2. The highest BCUT2D eigenvalue weighted by Crippen LogP contribution is 2.52. The Labute approximate surface area is 246 Å². The third-order valence-corrected chi connectivity index (χ3v) is 18.6. The first-order valence-corrected chi connectivity index (χ1v) is 18.7. The SMILES string of the molecule is C=CCC1[C@@H]2O[Si](C(C)C)(C(C)C)O[Si](C(C)C)(C(C)C)OC[C@H]2O[C@]1(OC(=O)C(C)(C)C)n1ccc(=O)[nH]c1=O. The summed E-state index contributed by atoms with van der Waals surface area (Å²) in [6.07, 6.45) is 1.96. The van der Waals surface area contributed by atoms with Crippen LogP contribution in [0.3, 0.4) is 0 Å². The van der Waals surface area contributed by atoms with Crippen LogP contribution in [0.1, 0.15) is 82.6 Å². The summed E-state index contributed by atoms with van der Waals surface area (Å²) in [5.41, 5.74) is -1.87. The average Bonchev–Trinajstić information content (AvgIpc) is 3.10. The second-order valence-electron chi connectivity index (χ2n) is 13.6. The molecule has 1 aromatic heterocycles. The lowest BCUT2D eigenvalue weighted by Gasteiger charge is -2.51. The van der Waals surface area contributed by atoms with Crippen LogP contribution in [-0.4, -0.2) is 51.5 Å². The Morgan fingerprint density at radius 1 is 1.10 bits per heavy atom. The first-order chi connectivity index (χ1) is 18.9. The molecule has 3 heterocycles. The molecular weight excluding hydrogens is 560 g/mol. The van der Waals surface area contributed by atoms with Crippen LogP contribution in [0.15, 0.2) is 34.5 Å². The maximum absolute atomic E-state index is 13.5. The van der Waals surface area contributed by atoms with Gasteiger partial charge in [0.1, 0.15) is 6.10 Å². The van der Waals surface area contributed by atoms with Crippen molar-refractivity contribution >= 4 is 23.1 Å². The summed E-state index contributed by atoms with van der Waals surface area (Å²) in [4.78, 5) is 41.1. The van der Waals surface area contributed by atoms with E-state index in [4.69, 9.17) is 22.4 Å². The van der Waals surface area contributed by atoms with Crippen LogP contribution in [0.5, 0.6) is 0 Å². The van der Waals surface area contributed by atoms with E-state index in [2.05, 4.69) is 67.0 Å².